The molecule has 1 heterocycles. The summed E-state index contributed by atoms with van der Waals surface area (Å²) in [4.78, 5) is 24.6. The average molecular weight is 270 g/mol. The first kappa shape index (κ1) is 15.8. The van der Waals surface area contributed by atoms with Gasteiger partial charge in [0, 0.05) is 25.0 Å². The Morgan fingerprint density at radius 2 is 2.11 bits per heavy atom. The maximum absolute atomic E-state index is 12.1. The molecular weight excluding hydrogens is 244 g/mol. The number of urea groups is 1. The fourth-order valence-corrected chi connectivity index (χ4v) is 2.51. The van der Waals surface area contributed by atoms with Gasteiger partial charge < -0.3 is 15.3 Å². The molecule has 1 unspecified atom stereocenters. The number of aliphatic carboxylic acids is 1. The van der Waals surface area contributed by atoms with E-state index in [0.29, 0.717) is 12.3 Å². The minimum atomic E-state index is -0.827. The number of carbonyl (C=O) groups is 2. The van der Waals surface area contributed by atoms with Crippen LogP contribution < -0.4 is 5.32 Å². The van der Waals surface area contributed by atoms with E-state index in [-0.39, 0.29) is 12.5 Å². The number of likely N-dealkylation sites (tertiary alicyclic amines) is 1. The van der Waals surface area contributed by atoms with Crippen LogP contribution in [-0.2, 0) is 4.79 Å². The summed E-state index contributed by atoms with van der Waals surface area (Å²) in [5, 5.41) is 11.6. The predicted octanol–water partition coefficient (Wildman–Crippen LogP) is 2.46. The first-order valence-corrected chi connectivity index (χ1v) is 7.13. The molecule has 19 heavy (non-hydrogen) atoms. The molecule has 0 saturated carbocycles. The average Bonchev–Trinajstić information content (AvgIpc) is 2.75. The molecule has 0 aliphatic carbocycles. The van der Waals surface area contributed by atoms with Gasteiger partial charge in [0.05, 0.1) is 0 Å². The predicted molar refractivity (Wildman–Crippen MR) is 74.1 cm³/mol. The first-order valence-electron chi connectivity index (χ1n) is 7.13. The van der Waals surface area contributed by atoms with E-state index in [1.54, 1.807) is 0 Å². The largest absolute Gasteiger partial charge is 0.481 e. The van der Waals surface area contributed by atoms with Crippen molar-refractivity contribution in [3.05, 3.63) is 0 Å². The minimum Gasteiger partial charge on any atom is -0.481 e. The third-order valence-corrected chi connectivity index (χ3v) is 3.68. The van der Waals surface area contributed by atoms with Crippen LogP contribution in [0.25, 0.3) is 0 Å². The Balaban J connectivity index is 2.40. The third-order valence-electron chi connectivity index (χ3n) is 3.68. The zero-order valence-corrected chi connectivity index (χ0v) is 12.2. The standard InChI is InChI=1S/C14H26N2O3/c1-4-5-11-7-9-16(10-11)13(19)15-14(2,3)8-6-12(17)18/h11H,4-10H2,1-3H3,(H,15,19)(H,17,18). The summed E-state index contributed by atoms with van der Waals surface area (Å²) in [6.07, 6.45) is 3.93. The second-order valence-electron chi connectivity index (χ2n) is 6.10. The van der Waals surface area contributed by atoms with Crippen molar-refractivity contribution in [3.63, 3.8) is 0 Å². The van der Waals surface area contributed by atoms with Crippen molar-refractivity contribution in [2.75, 3.05) is 13.1 Å². The van der Waals surface area contributed by atoms with Crippen molar-refractivity contribution in [2.45, 2.75) is 58.4 Å². The van der Waals surface area contributed by atoms with Gasteiger partial charge in [-0.25, -0.2) is 4.79 Å². The number of hydrogen-bond donors (Lipinski definition) is 2. The minimum absolute atomic E-state index is 0.0611. The van der Waals surface area contributed by atoms with E-state index in [1.165, 1.54) is 6.42 Å². The Morgan fingerprint density at radius 1 is 1.42 bits per heavy atom. The van der Waals surface area contributed by atoms with Gasteiger partial charge in [-0.3, -0.25) is 4.79 Å². The Kier molecular flexibility index (Phi) is 5.63. The summed E-state index contributed by atoms with van der Waals surface area (Å²) < 4.78 is 0. The summed E-state index contributed by atoms with van der Waals surface area (Å²) >= 11 is 0. The van der Waals surface area contributed by atoms with Crippen molar-refractivity contribution < 1.29 is 14.7 Å². The van der Waals surface area contributed by atoms with Crippen LogP contribution >= 0.6 is 0 Å². The van der Waals surface area contributed by atoms with E-state index in [9.17, 15) is 9.59 Å². The lowest BCUT2D eigenvalue weighted by Gasteiger charge is -2.29. The highest BCUT2D eigenvalue weighted by molar-refractivity contribution is 5.75. The van der Waals surface area contributed by atoms with Crippen molar-refractivity contribution in [1.82, 2.24) is 10.2 Å². The zero-order valence-electron chi connectivity index (χ0n) is 12.2. The lowest BCUT2D eigenvalue weighted by atomic mass is 9.99. The van der Waals surface area contributed by atoms with Crippen LogP contribution in [0.1, 0.15) is 52.9 Å². The lowest BCUT2D eigenvalue weighted by molar-refractivity contribution is -0.137. The number of amides is 2. The summed E-state index contributed by atoms with van der Waals surface area (Å²) in [6.45, 7) is 7.54. The number of nitrogens with one attached hydrogen (secondary N) is 1. The SMILES string of the molecule is CCCC1CCN(C(=O)NC(C)(C)CCC(=O)O)C1. The molecule has 5 nitrogen and oxygen atoms in total. The first-order chi connectivity index (χ1) is 8.84. The lowest BCUT2D eigenvalue weighted by Crippen LogP contribution is -2.49. The molecule has 1 rings (SSSR count). The molecule has 2 amide bonds. The summed E-state index contributed by atoms with van der Waals surface area (Å²) in [5.41, 5.74) is -0.474. The van der Waals surface area contributed by atoms with Gasteiger partial charge in [-0.15, -0.1) is 0 Å². The molecule has 0 aromatic heterocycles. The van der Waals surface area contributed by atoms with Crippen LogP contribution in [0.5, 0.6) is 0 Å². The van der Waals surface area contributed by atoms with E-state index in [4.69, 9.17) is 5.11 Å². The molecule has 0 radical (unpaired) electrons. The molecule has 5 heteroatoms. The number of rotatable bonds is 6. The Morgan fingerprint density at radius 3 is 2.68 bits per heavy atom. The maximum Gasteiger partial charge on any atom is 0.317 e. The fraction of sp³-hybridized carbons (Fsp3) is 0.857. The van der Waals surface area contributed by atoms with E-state index in [2.05, 4.69) is 12.2 Å². The molecule has 0 aromatic carbocycles. The van der Waals surface area contributed by atoms with Gasteiger partial charge in [-0.2, -0.15) is 0 Å². The second-order valence-corrected chi connectivity index (χ2v) is 6.10. The van der Waals surface area contributed by atoms with E-state index in [0.717, 1.165) is 25.9 Å². The highest BCUT2D eigenvalue weighted by Crippen LogP contribution is 2.21. The quantitative estimate of drug-likeness (QED) is 0.779. The summed E-state index contributed by atoms with van der Waals surface area (Å²) in [7, 11) is 0. The van der Waals surface area contributed by atoms with Gasteiger partial charge in [0.15, 0.2) is 0 Å². The van der Waals surface area contributed by atoms with Crippen molar-refractivity contribution in [3.8, 4) is 0 Å². The molecule has 1 atom stereocenters. The van der Waals surface area contributed by atoms with Crippen LogP contribution in [0, 0.1) is 5.92 Å². The molecule has 1 fully saturated rings. The summed E-state index contributed by atoms with van der Waals surface area (Å²) in [6, 6.07) is -0.0611. The van der Waals surface area contributed by atoms with Gasteiger partial charge in [0.2, 0.25) is 0 Å². The molecule has 2 N–H and O–H groups in total. The third kappa shape index (κ3) is 5.49. The Labute approximate surface area is 115 Å². The molecule has 0 spiro atoms. The van der Waals surface area contributed by atoms with Crippen LogP contribution in [0.15, 0.2) is 0 Å². The number of carbonyl (C=O) groups excluding carboxylic acids is 1. The van der Waals surface area contributed by atoms with E-state index in [1.807, 2.05) is 18.7 Å². The van der Waals surface area contributed by atoms with Crippen LogP contribution in [0.3, 0.4) is 0 Å². The van der Waals surface area contributed by atoms with Crippen molar-refractivity contribution >= 4 is 12.0 Å². The number of hydrogen-bond acceptors (Lipinski definition) is 2. The topological polar surface area (TPSA) is 69.6 Å². The molecular formula is C14H26N2O3. The molecule has 1 saturated heterocycles. The number of carboxylic acids is 1. The normalized spacial score (nSPS) is 19.5. The number of nitrogens with zero attached hydrogens (tertiary/aromatic N) is 1. The zero-order chi connectivity index (χ0) is 14.5. The molecule has 110 valence electrons. The van der Waals surface area contributed by atoms with E-state index >= 15 is 0 Å². The molecule has 0 aromatic rings. The maximum atomic E-state index is 12.1. The van der Waals surface area contributed by atoms with Crippen molar-refractivity contribution in [2.24, 2.45) is 5.92 Å². The van der Waals surface area contributed by atoms with Gasteiger partial charge in [0.1, 0.15) is 0 Å². The smallest absolute Gasteiger partial charge is 0.317 e. The Bertz CT molecular complexity index is 329. The highest BCUT2D eigenvalue weighted by atomic mass is 16.4. The van der Waals surface area contributed by atoms with Crippen molar-refractivity contribution in [1.29, 1.82) is 0 Å². The molecule has 1 aliphatic heterocycles. The molecule has 0 bridgehead atoms. The monoisotopic (exact) mass is 270 g/mol. The van der Waals surface area contributed by atoms with Crippen LogP contribution in [0.4, 0.5) is 4.79 Å². The molecule has 1 aliphatic rings. The van der Waals surface area contributed by atoms with Gasteiger partial charge in [0.25, 0.3) is 0 Å². The summed E-state index contributed by atoms with van der Waals surface area (Å²) in [5.74, 6) is -0.204. The van der Waals surface area contributed by atoms with Crippen LogP contribution in [-0.4, -0.2) is 40.6 Å². The van der Waals surface area contributed by atoms with Crippen LogP contribution in [0.2, 0.25) is 0 Å². The van der Waals surface area contributed by atoms with Gasteiger partial charge in [-0.05, 0) is 39.0 Å². The van der Waals surface area contributed by atoms with E-state index < -0.39 is 11.5 Å². The second kappa shape index (κ2) is 6.78. The van der Waals surface area contributed by atoms with Gasteiger partial charge in [-0.1, -0.05) is 13.3 Å². The fourth-order valence-electron chi connectivity index (χ4n) is 2.51. The number of carboxylic acid groups (broad SMARTS) is 1. The highest BCUT2D eigenvalue weighted by Gasteiger charge is 2.29. The Hall–Kier alpha value is -1.26. The van der Waals surface area contributed by atoms with Gasteiger partial charge >= 0.3 is 12.0 Å².